The summed E-state index contributed by atoms with van der Waals surface area (Å²) in [6.07, 6.45) is 9.03. The van der Waals surface area contributed by atoms with Crippen molar-refractivity contribution in [2.24, 2.45) is 0 Å². The molecule has 5 aromatic rings. The lowest BCUT2D eigenvalue weighted by molar-refractivity contribution is 0.261. The first-order valence-electron chi connectivity index (χ1n) is 10.8. The maximum Gasteiger partial charge on any atom is 0.326 e. The average molecular weight is 454 g/mol. The molecule has 5 aromatic heterocycles. The summed E-state index contributed by atoms with van der Waals surface area (Å²) in [7, 11) is 0. The fraction of sp³-hybridized carbons (Fsp3) is 0.160. The SMILES string of the molecule is CC(C)(C)c1cc(NC(=O)Nc2ccc(-c3cnc4cc(-c5ccncc5)ccn34)cn2)no1. The minimum absolute atomic E-state index is 0.195. The number of hydrogen-bond acceptors (Lipinski definition) is 6. The summed E-state index contributed by atoms with van der Waals surface area (Å²) in [6, 6.07) is 12.9. The average Bonchev–Trinajstić information content (AvgIpc) is 3.47. The molecule has 9 heteroatoms. The Morgan fingerprint density at radius 2 is 1.68 bits per heavy atom. The normalized spacial score (nSPS) is 11.5. The van der Waals surface area contributed by atoms with Gasteiger partial charge in [-0.25, -0.2) is 14.8 Å². The Labute approximate surface area is 195 Å². The number of amides is 2. The van der Waals surface area contributed by atoms with E-state index in [2.05, 4.69) is 30.7 Å². The molecule has 0 atom stereocenters. The van der Waals surface area contributed by atoms with Crippen molar-refractivity contribution >= 4 is 23.3 Å². The highest BCUT2D eigenvalue weighted by Gasteiger charge is 2.20. The molecule has 0 aliphatic carbocycles. The number of rotatable bonds is 4. The number of hydrogen-bond donors (Lipinski definition) is 2. The third kappa shape index (κ3) is 4.36. The van der Waals surface area contributed by atoms with Gasteiger partial charge in [-0.05, 0) is 47.5 Å². The number of carbonyl (C=O) groups is 1. The van der Waals surface area contributed by atoms with Crippen molar-refractivity contribution in [1.29, 1.82) is 0 Å². The molecular weight excluding hydrogens is 430 g/mol. The van der Waals surface area contributed by atoms with Crippen LogP contribution in [0.3, 0.4) is 0 Å². The van der Waals surface area contributed by atoms with Gasteiger partial charge in [0.25, 0.3) is 0 Å². The van der Waals surface area contributed by atoms with E-state index in [4.69, 9.17) is 4.52 Å². The van der Waals surface area contributed by atoms with Gasteiger partial charge in [0.15, 0.2) is 5.82 Å². The first kappa shape index (κ1) is 21.3. The van der Waals surface area contributed by atoms with Crippen molar-refractivity contribution in [3.05, 3.63) is 79.2 Å². The Morgan fingerprint density at radius 1 is 0.882 bits per heavy atom. The number of nitrogens with zero attached hydrogens (tertiary/aromatic N) is 5. The molecule has 0 unspecified atom stereocenters. The lowest BCUT2D eigenvalue weighted by atomic mass is 9.93. The lowest BCUT2D eigenvalue weighted by Gasteiger charge is -2.12. The van der Waals surface area contributed by atoms with Crippen LogP contribution in [-0.2, 0) is 5.41 Å². The Bertz CT molecular complexity index is 1450. The van der Waals surface area contributed by atoms with Crippen LogP contribution in [0.5, 0.6) is 0 Å². The van der Waals surface area contributed by atoms with E-state index in [1.54, 1.807) is 36.9 Å². The molecule has 5 rings (SSSR count). The van der Waals surface area contributed by atoms with Crippen molar-refractivity contribution < 1.29 is 9.32 Å². The molecule has 0 bridgehead atoms. The minimum atomic E-state index is -0.451. The highest BCUT2D eigenvalue weighted by Crippen LogP contribution is 2.26. The summed E-state index contributed by atoms with van der Waals surface area (Å²) >= 11 is 0. The molecule has 0 aliphatic rings. The topological polar surface area (TPSA) is 110 Å². The lowest BCUT2D eigenvalue weighted by Crippen LogP contribution is -2.20. The molecular formula is C25H23N7O2. The smallest absolute Gasteiger partial charge is 0.326 e. The predicted octanol–water partition coefficient (Wildman–Crippen LogP) is 5.39. The quantitative estimate of drug-likeness (QED) is 0.378. The second-order valence-corrected chi connectivity index (χ2v) is 8.86. The summed E-state index contributed by atoms with van der Waals surface area (Å²) in [4.78, 5) is 25.3. The number of fused-ring (bicyclic) bond motifs is 1. The standard InChI is InChI=1S/C25H23N7O2/c1-25(2,3)20-13-22(31-34-20)30-24(33)29-21-5-4-18(14-27-21)19-15-28-23-12-17(8-11-32(19)23)16-6-9-26-10-7-16/h4-15H,1-3H3,(H2,27,29,30,31,33). The predicted molar refractivity (Wildman–Crippen MR) is 129 cm³/mol. The Hall–Kier alpha value is -4.53. The zero-order valence-corrected chi connectivity index (χ0v) is 19.0. The zero-order valence-electron chi connectivity index (χ0n) is 19.0. The van der Waals surface area contributed by atoms with E-state index in [9.17, 15) is 4.79 Å². The summed E-state index contributed by atoms with van der Waals surface area (Å²) in [5.74, 6) is 1.44. The molecule has 34 heavy (non-hydrogen) atoms. The molecule has 9 nitrogen and oxygen atoms in total. The van der Waals surface area contributed by atoms with Crippen molar-refractivity contribution in [1.82, 2.24) is 24.5 Å². The van der Waals surface area contributed by atoms with Gasteiger partial charge in [-0.15, -0.1) is 0 Å². The molecule has 0 aliphatic heterocycles. The van der Waals surface area contributed by atoms with E-state index in [0.29, 0.717) is 17.4 Å². The van der Waals surface area contributed by atoms with Crippen LogP contribution in [0.4, 0.5) is 16.4 Å². The van der Waals surface area contributed by atoms with Crippen LogP contribution < -0.4 is 10.6 Å². The van der Waals surface area contributed by atoms with Crippen LogP contribution >= 0.6 is 0 Å². The number of anilines is 2. The molecule has 2 amide bonds. The second kappa shape index (κ2) is 8.43. The highest BCUT2D eigenvalue weighted by molar-refractivity contribution is 5.98. The largest absolute Gasteiger partial charge is 0.359 e. The molecule has 170 valence electrons. The Morgan fingerprint density at radius 3 is 2.38 bits per heavy atom. The molecule has 0 saturated heterocycles. The van der Waals surface area contributed by atoms with Crippen LogP contribution in [0.1, 0.15) is 26.5 Å². The zero-order chi connectivity index (χ0) is 23.7. The molecule has 0 radical (unpaired) electrons. The van der Waals surface area contributed by atoms with E-state index < -0.39 is 6.03 Å². The first-order chi connectivity index (χ1) is 16.4. The van der Waals surface area contributed by atoms with Crippen molar-refractivity contribution in [3.8, 4) is 22.4 Å². The molecule has 0 fully saturated rings. The summed E-state index contributed by atoms with van der Waals surface area (Å²) < 4.78 is 7.28. The molecule has 0 saturated carbocycles. The maximum absolute atomic E-state index is 12.3. The van der Waals surface area contributed by atoms with E-state index >= 15 is 0 Å². The van der Waals surface area contributed by atoms with Crippen molar-refractivity contribution in [2.45, 2.75) is 26.2 Å². The van der Waals surface area contributed by atoms with Gasteiger partial charge in [-0.3, -0.25) is 20.0 Å². The van der Waals surface area contributed by atoms with Gasteiger partial charge in [0.1, 0.15) is 17.2 Å². The van der Waals surface area contributed by atoms with Gasteiger partial charge >= 0.3 is 6.03 Å². The van der Waals surface area contributed by atoms with Crippen LogP contribution in [0, 0.1) is 0 Å². The number of carbonyl (C=O) groups excluding carboxylic acids is 1. The molecule has 0 spiro atoms. The molecule has 2 N–H and O–H groups in total. The minimum Gasteiger partial charge on any atom is -0.359 e. The Balaban J connectivity index is 1.29. The van der Waals surface area contributed by atoms with Gasteiger partial charge in [0.05, 0.1) is 11.9 Å². The number of imidazole rings is 1. The fourth-order valence-electron chi connectivity index (χ4n) is 3.49. The van der Waals surface area contributed by atoms with E-state index in [1.165, 1.54) is 0 Å². The highest BCUT2D eigenvalue weighted by atomic mass is 16.5. The monoisotopic (exact) mass is 453 g/mol. The van der Waals surface area contributed by atoms with Gasteiger partial charge in [0.2, 0.25) is 0 Å². The van der Waals surface area contributed by atoms with Crippen LogP contribution in [0.25, 0.3) is 28.0 Å². The van der Waals surface area contributed by atoms with E-state index in [1.807, 2.05) is 61.7 Å². The summed E-state index contributed by atoms with van der Waals surface area (Å²) in [5.41, 5.74) is 4.56. The number of aromatic nitrogens is 5. The second-order valence-electron chi connectivity index (χ2n) is 8.86. The number of pyridine rings is 3. The van der Waals surface area contributed by atoms with Gasteiger partial charge in [-0.2, -0.15) is 0 Å². The number of nitrogens with one attached hydrogen (secondary N) is 2. The van der Waals surface area contributed by atoms with Crippen molar-refractivity contribution in [3.63, 3.8) is 0 Å². The van der Waals surface area contributed by atoms with Crippen LogP contribution in [0.15, 0.2) is 78.0 Å². The van der Waals surface area contributed by atoms with Crippen LogP contribution in [-0.4, -0.2) is 30.5 Å². The molecule has 5 heterocycles. The third-order valence-corrected chi connectivity index (χ3v) is 5.32. The van der Waals surface area contributed by atoms with Gasteiger partial charge in [0, 0.05) is 41.8 Å². The Kier molecular flexibility index (Phi) is 5.29. The van der Waals surface area contributed by atoms with Gasteiger partial charge in [-0.1, -0.05) is 25.9 Å². The third-order valence-electron chi connectivity index (χ3n) is 5.32. The summed E-state index contributed by atoms with van der Waals surface area (Å²) in [5, 5.41) is 9.24. The van der Waals surface area contributed by atoms with Crippen molar-refractivity contribution in [2.75, 3.05) is 10.6 Å². The van der Waals surface area contributed by atoms with E-state index in [0.717, 1.165) is 28.0 Å². The van der Waals surface area contributed by atoms with Gasteiger partial charge < -0.3 is 4.52 Å². The number of urea groups is 1. The summed E-state index contributed by atoms with van der Waals surface area (Å²) in [6.45, 7) is 6.02. The first-order valence-corrected chi connectivity index (χ1v) is 10.8. The van der Waals surface area contributed by atoms with Crippen LogP contribution in [0.2, 0.25) is 0 Å². The van der Waals surface area contributed by atoms with E-state index in [-0.39, 0.29) is 5.41 Å². The molecule has 0 aromatic carbocycles. The fourth-order valence-corrected chi connectivity index (χ4v) is 3.49. The maximum atomic E-state index is 12.3.